The minimum atomic E-state index is 0.371. The number of rotatable bonds is 5. The number of para-hydroxylation sites is 1. The Hall–Kier alpha value is -2.31. The zero-order valence-corrected chi connectivity index (χ0v) is 12.7. The highest BCUT2D eigenvalue weighted by Gasteiger charge is 2.11. The molecule has 2 aromatic carbocycles. The van der Waals surface area contributed by atoms with Gasteiger partial charge in [-0.25, -0.2) is 0 Å². The van der Waals surface area contributed by atoms with Crippen molar-refractivity contribution in [1.29, 1.82) is 5.26 Å². The van der Waals surface area contributed by atoms with Crippen LogP contribution in [0.2, 0.25) is 0 Å². The molecule has 3 nitrogen and oxygen atoms in total. The highest BCUT2D eigenvalue weighted by atomic mass is 16.5. The number of ether oxygens (including phenoxy) is 1. The largest absolute Gasteiger partial charge is 0.456 e. The summed E-state index contributed by atoms with van der Waals surface area (Å²) >= 11 is 0. The predicted octanol–water partition coefficient (Wildman–Crippen LogP) is 4.19. The van der Waals surface area contributed by atoms with Gasteiger partial charge in [0.25, 0.3) is 0 Å². The molecule has 0 radical (unpaired) electrons. The Balaban J connectivity index is 2.34. The lowest BCUT2D eigenvalue weighted by Gasteiger charge is -2.14. The van der Waals surface area contributed by atoms with Crippen LogP contribution in [0.15, 0.2) is 42.5 Å². The summed E-state index contributed by atoms with van der Waals surface area (Å²) in [5.41, 5.74) is 2.76. The van der Waals surface area contributed by atoms with E-state index >= 15 is 0 Å². The monoisotopic (exact) mass is 280 g/mol. The second-order valence-electron chi connectivity index (χ2n) is 5.27. The van der Waals surface area contributed by atoms with Gasteiger partial charge in [0.05, 0.1) is 5.56 Å². The number of hydrogen-bond acceptors (Lipinski definition) is 3. The molecule has 0 heterocycles. The SMILES string of the molecule is CNCc1ccc(Oc2ccccc2C(C)C)c(C#N)c1. The maximum absolute atomic E-state index is 9.32. The van der Waals surface area contributed by atoms with E-state index in [2.05, 4.69) is 31.3 Å². The molecule has 0 bridgehead atoms. The van der Waals surface area contributed by atoms with Crippen LogP contribution in [0.1, 0.15) is 36.5 Å². The highest BCUT2D eigenvalue weighted by Crippen LogP contribution is 2.32. The molecule has 0 aliphatic rings. The van der Waals surface area contributed by atoms with Gasteiger partial charge in [-0.1, -0.05) is 38.1 Å². The van der Waals surface area contributed by atoms with Crippen LogP contribution in [0.25, 0.3) is 0 Å². The third-order valence-electron chi connectivity index (χ3n) is 3.31. The Kier molecular flexibility index (Phi) is 4.97. The summed E-state index contributed by atoms with van der Waals surface area (Å²) in [5, 5.41) is 12.4. The van der Waals surface area contributed by atoms with Crippen molar-refractivity contribution in [3.05, 3.63) is 59.2 Å². The Morgan fingerprint density at radius 1 is 1.14 bits per heavy atom. The van der Waals surface area contributed by atoms with Crippen LogP contribution < -0.4 is 10.1 Å². The first kappa shape index (κ1) is 15.1. The average Bonchev–Trinajstić information content (AvgIpc) is 2.49. The smallest absolute Gasteiger partial charge is 0.145 e. The quantitative estimate of drug-likeness (QED) is 0.893. The molecule has 2 aromatic rings. The van der Waals surface area contributed by atoms with Crippen LogP contribution in [0.3, 0.4) is 0 Å². The van der Waals surface area contributed by atoms with Crippen LogP contribution in [-0.2, 0) is 6.54 Å². The van der Waals surface area contributed by atoms with Crippen molar-refractivity contribution < 1.29 is 4.74 Å². The lowest BCUT2D eigenvalue weighted by atomic mass is 10.0. The van der Waals surface area contributed by atoms with E-state index in [1.165, 1.54) is 0 Å². The molecule has 0 spiro atoms. The minimum Gasteiger partial charge on any atom is -0.456 e. The Morgan fingerprint density at radius 2 is 1.90 bits per heavy atom. The van der Waals surface area contributed by atoms with Gasteiger partial charge >= 0.3 is 0 Å². The van der Waals surface area contributed by atoms with E-state index in [-0.39, 0.29) is 0 Å². The Bertz CT molecular complexity index is 657. The molecule has 0 fully saturated rings. The molecule has 0 atom stereocenters. The molecular weight excluding hydrogens is 260 g/mol. The summed E-state index contributed by atoms with van der Waals surface area (Å²) in [4.78, 5) is 0. The van der Waals surface area contributed by atoms with Crippen molar-refractivity contribution in [2.75, 3.05) is 7.05 Å². The second kappa shape index (κ2) is 6.92. The van der Waals surface area contributed by atoms with E-state index < -0.39 is 0 Å². The fourth-order valence-electron chi connectivity index (χ4n) is 2.24. The van der Waals surface area contributed by atoms with Crippen molar-refractivity contribution in [3.8, 4) is 17.6 Å². The molecule has 2 rings (SSSR count). The Morgan fingerprint density at radius 3 is 2.57 bits per heavy atom. The van der Waals surface area contributed by atoms with Crippen molar-refractivity contribution in [2.24, 2.45) is 0 Å². The van der Waals surface area contributed by atoms with E-state index in [4.69, 9.17) is 4.74 Å². The molecule has 108 valence electrons. The number of nitrogens with zero attached hydrogens (tertiary/aromatic N) is 1. The van der Waals surface area contributed by atoms with Crippen LogP contribution >= 0.6 is 0 Å². The van der Waals surface area contributed by atoms with Gasteiger partial charge in [0, 0.05) is 6.54 Å². The van der Waals surface area contributed by atoms with Crippen LogP contribution in [0.4, 0.5) is 0 Å². The van der Waals surface area contributed by atoms with Gasteiger partial charge in [0.1, 0.15) is 17.6 Å². The summed E-state index contributed by atoms with van der Waals surface area (Å²) < 4.78 is 5.98. The van der Waals surface area contributed by atoms with Gasteiger partial charge in [-0.3, -0.25) is 0 Å². The maximum Gasteiger partial charge on any atom is 0.145 e. The minimum absolute atomic E-state index is 0.371. The summed E-state index contributed by atoms with van der Waals surface area (Å²) in [6.07, 6.45) is 0. The van der Waals surface area contributed by atoms with Gasteiger partial charge < -0.3 is 10.1 Å². The number of nitriles is 1. The average molecular weight is 280 g/mol. The number of nitrogens with one attached hydrogen (secondary N) is 1. The second-order valence-corrected chi connectivity index (χ2v) is 5.27. The summed E-state index contributed by atoms with van der Waals surface area (Å²) in [6, 6.07) is 15.9. The fourth-order valence-corrected chi connectivity index (χ4v) is 2.24. The standard InChI is InChI=1S/C18H20N2O/c1-13(2)16-6-4-5-7-18(16)21-17-9-8-14(12-20-3)10-15(17)11-19/h4-10,13,20H,12H2,1-3H3. The summed E-state index contributed by atoms with van der Waals surface area (Å²) in [5.74, 6) is 1.78. The first-order valence-electron chi connectivity index (χ1n) is 7.10. The van der Waals surface area contributed by atoms with E-state index in [0.29, 0.717) is 17.2 Å². The summed E-state index contributed by atoms with van der Waals surface area (Å²) in [6.45, 7) is 4.99. The van der Waals surface area contributed by atoms with Crippen molar-refractivity contribution in [3.63, 3.8) is 0 Å². The van der Waals surface area contributed by atoms with Crippen LogP contribution in [-0.4, -0.2) is 7.05 Å². The van der Waals surface area contributed by atoms with Crippen molar-refractivity contribution in [1.82, 2.24) is 5.32 Å². The molecule has 21 heavy (non-hydrogen) atoms. The van der Waals surface area contributed by atoms with E-state index in [1.54, 1.807) is 0 Å². The van der Waals surface area contributed by atoms with Gasteiger partial charge in [0.15, 0.2) is 0 Å². The zero-order chi connectivity index (χ0) is 15.2. The molecule has 0 saturated heterocycles. The molecule has 3 heteroatoms. The molecule has 0 aromatic heterocycles. The highest BCUT2D eigenvalue weighted by molar-refractivity contribution is 5.49. The van der Waals surface area contributed by atoms with E-state index in [1.807, 2.05) is 43.4 Å². The molecule has 0 unspecified atom stereocenters. The molecule has 0 aliphatic heterocycles. The van der Waals surface area contributed by atoms with Gasteiger partial charge in [-0.05, 0) is 42.3 Å². The van der Waals surface area contributed by atoms with Gasteiger partial charge in [0.2, 0.25) is 0 Å². The lowest BCUT2D eigenvalue weighted by Crippen LogP contribution is -2.05. The van der Waals surface area contributed by atoms with E-state index in [9.17, 15) is 5.26 Å². The molecule has 1 N–H and O–H groups in total. The third kappa shape index (κ3) is 3.62. The molecular formula is C18H20N2O. The first-order chi connectivity index (χ1) is 10.2. The van der Waals surface area contributed by atoms with Crippen molar-refractivity contribution >= 4 is 0 Å². The van der Waals surface area contributed by atoms with Crippen LogP contribution in [0, 0.1) is 11.3 Å². The van der Waals surface area contributed by atoms with Gasteiger partial charge in [-0.2, -0.15) is 5.26 Å². The fraction of sp³-hybridized carbons (Fsp3) is 0.278. The molecule has 0 saturated carbocycles. The number of benzene rings is 2. The maximum atomic E-state index is 9.32. The lowest BCUT2D eigenvalue weighted by molar-refractivity contribution is 0.471. The topological polar surface area (TPSA) is 45.0 Å². The third-order valence-corrected chi connectivity index (χ3v) is 3.31. The predicted molar refractivity (Wildman–Crippen MR) is 84.5 cm³/mol. The molecule has 0 amide bonds. The normalized spacial score (nSPS) is 10.4. The van der Waals surface area contributed by atoms with E-state index in [0.717, 1.165) is 23.4 Å². The first-order valence-corrected chi connectivity index (χ1v) is 7.10. The zero-order valence-electron chi connectivity index (χ0n) is 12.7. The van der Waals surface area contributed by atoms with Crippen LogP contribution in [0.5, 0.6) is 11.5 Å². The molecule has 0 aliphatic carbocycles. The van der Waals surface area contributed by atoms with Crippen molar-refractivity contribution in [2.45, 2.75) is 26.3 Å². The Labute approximate surface area is 126 Å². The van der Waals surface area contributed by atoms with Gasteiger partial charge in [-0.15, -0.1) is 0 Å². The summed E-state index contributed by atoms with van der Waals surface area (Å²) in [7, 11) is 1.88. The number of hydrogen-bond donors (Lipinski definition) is 1.